The molecule has 1 aromatic rings. The Kier molecular flexibility index (Phi) is 7.54. The van der Waals surface area contributed by atoms with E-state index in [4.69, 9.17) is 16.3 Å². The van der Waals surface area contributed by atoms with Crippen LogP contribution in [0.15, 0.2) is 23.1 Å². The van der Waals surface area contributed by atoms with Gasteiger partial charge in [0.2, 0.25) is 10.0 Å². The van der Waals surface area contributed by atoms with Crippen molar-refractivity contribution >= 4 is 43.3 Å². The van der Waals surface area contributed by atoms with Gasteiger partial charge in [-0.05, 0) is 38.5 Å². The van der Waals surface area contributed by atoms with E-state index in [9.17, 15) is 26.4 Å². The molecule has 0 spiro atoms. The molecular weight excluding hydrogens is 456 g/mol. The molecule has 1 heterocycles. The number of nitrogens with zero attached hydrogens (tertiary/aromatic N) is 2. The number of amides is 1. The van der Waals surface area contributed by atoms with Crippen molar-refractivity contribution in [1.29, 1.82) is 0 Å². The van der Waals surface area contributed by atoms with E-state index in [-0.39, 0.29) is 33.5 Å². The second kappa shape index (κ2) is 9.21. The number of benzene rings is 1. The zero-order valence-electron chi connectivity index (χ0n) is 17.2. The lowest BCUT2D eigenvalue weighted by molar-refractivity contribution is -0.141. The lowest BCUT2D eigenvalue weighted by Crippen LogP contribution is -2.46. The zero-order chi connectivity index (χ0) is 22.9. The number of carbonyl (C=O) groups is 2. The second-order valence-corrected chi connectivity index (χ2v) is 11.9. The Balaban J connectivity index is 2.20. The zero-order valence-corrected chi connectivity index (χ0v) is 19.6. The molecule has 1 amide bonds. The van der Waals surface area contributed by atoms with Crippen LogP contribution in [0, 0.1) is 0 Å². The van der Waals surface area contributed by atoms with Gasteiger partial charge in [0.25, 0.3) is 5.91 Å². The molecule has 12 heteroatoms. The molecular formula is C18H25ClN2O7S2. The van der Waals surface area contributed by atoms with Gasteiger partial charge >= 0.3 is 5.97 Å². The van der Waals surface area contributed by atoms with E-state index in [1.807, 2.05) is 0 Å². The summed E-state index contributed by atoms with van der Waals surface area (Å²) in [6, 6.07) is 3.16. The Bertz CT molecular complexity index is 1040. The summed E-state index contributed by atoms with van der Waals surface area (Å²) in [5, 5.41) is -0.0217. The van der Waals surface area contributed by atoms with Crippen molar-refractivity contribution in [1.82, 2.24) is 9.21 Å². The highest BCUT2D eigenvalue weighted by Crippen LogP contribution is 2.24. The van der Waals surface area contributed by atoms with Crippen LogP contribution < -0.4 is 0 Å². The van der Waals surface area contributed by atoms with Gasteiger partial charge in [0.1, 0.15) is 0 Å². The van der Waals surface area contributed by atoms with Crippen LogP contribution in [0.5, 0.6) is 0 Å². The maximum absolute atomic E-state index is 12.8. The molecule has 1 aromatic carbocycles. The number of esters is 1. The molecule has 0 N–H and O–H groups in total. The summed E-state index contributed by atoms with van der Waals surface area (Å²) in [5.41, 5.74) is -0.189. The minimum atomic E-state index is -3.80. The summed E-state index contributed by atoms with van der Waals surface area (Å²) in [6.45, 7) is 3.35. The number of hydrogen-bond donors (Lipinski definition) is 0. The van der Waals surface area contributed by atoms with Gasteiger partial charge in [-0.25, -0.2) is 25.9 Å². The molecule has 0 bridgehead atoms. The molecule has 0 aliphatic carbocycles. The van der Waals surface area contributed by atoms with Gasteiger partial charge in [-0.15, -0.1) is 0 Å². The lowest BCUT2D eigenvalue weighted by atomic mass is 10.2. The van der Waals surface area contributed by atoms with Crippen LogP contribution in [0.1, 0.15) is 30.6 Å². The maximum Gasteiger partial charge on any atom is 0.340 e. The van der Waals surface area contributed by atoms with Crippen molar-refractivity contribution in [3.63, 3.8) is 0 Å². The molecule has 1 saturated heterocycles. The van der Waals surface area contributed by atoms with E-state index in [0.29, 0.717) is 6.42 Å². The molecule has 2 atom stereocenters. The third-order valence-corrected chi connectivity index (χ3v) is 8.73. The molecule has 168 valence electrons. The standard InChI is InChI=1S/C18H25ClN2O7S2/c1-5-21(13-8-9-29(24,25)11-13)17(22)12(2)28-18(23)15-10-14(6-7-16(15)19)30(26,27)20(3)4/h6-7,10,12-13H,5,8-9,11H2,1-4H3/t12-,13+/m0/s1. The number of rotatable bonds is 7. The van der Waals surface area contributed by atoms with Crippen LogP contribution in [0.25, 0.3) is 0 Å². The largest absolute Gasteiger partial charge is 0.449 e. The average Bonchev–Trinajstić information content (AvgIpc) is 3.01. The number of sulfone groups is 1. The fourth-order valence-electron chi connectivity index (χ4n) is 3.16. The van der Waals surface area contributed by atoms with E-state index in [0.717, 1.165) is 10.4 Å². The molecule has 0 saturated carbocycles. The fraction of sp³-hybridized carbons (Fsp3) is 0.556. The van der Waals surface area contributed by atoms with Crippen LogP contribution >= 0.6 is 11.6 Å². The summed E-state index contributed by atoms with van der Waals surface area (Å²) in [6.07, 6.45) is -0.871. The first kappa shape index (κ1) is 24.6. The van der Waals surface area contributed by atoms with Crippen molar-refractivity contribution in [3.8, 4) is 0 Å². The summed E-state index contributed by atoms with van der Waals surface area (Å²) in [5.74, 6) is -1.59. The first-order valence-corrected chi connectivity index (χ1v) is 12.9. The summed E-state index contributed by atoms with van der Waals surface area (Å²) < 4.78 is 54.3. The van der Waals surface area contributed by atoms with E-state index in [1.54, 1.807) is 6.92 Å². The normalized spacial score (nSPS) is 19.5. The molecule has 1 fully saturated rings. The molecule has 1 aliphatic heterocycles. The fourth-order valence-corrected chi connectivity index (χ4v) is 6.01. The van der Waals surface area contributed by atoms with Crippen molar-refractivity contribution in [2.24, 2.45) is 0 Å². The van der Waals surface area contributed by atoms with Gasteiger partial charge in [0.15, 0.2) is 15.9 Å². The molecule has 0 radical (unpaired) electrons. The number of ether oxygens (including phenoxy) is 1. The third kappa shape index (κ3) is 5.32. The highest BCUT2D eigenvalue weighted by Gasteiger charge is 2.36. The van der Waals surface area contributed by atoms with Crippen molar-refractivity contribution in [3.05, 3.63) is 28.8 Å². The molecule has 9 nitrogen and oxygen atoms in total. The van der Waals surface area contributed by atoms with Crippen LogP contribution in [-0.2, 0) is 29.4 Å². The number of carbonyl (C=O) groups excluding carboxylic acids is 2. The highest BCUT2D eigenvalue weighted by molar-refractivity contribution is 7.91. The Morgan fingerprint density at radius 3 is 2.43 bits per heavy atom. The Morgan fingerprint density at radius 2 is 1.93 bits per heavy atom. The first-order chi connectivity index (χ1) is 13.8. The number of sulfonamides is 1. The molecule has 0 unspecified atom stereocenters. The molecule has 30 heavy (non-hydrogen) atoms. The van der Waals surface area contributed by atoms with Gasteiger partial charge in [0, 0.05) is 26.7 Å². The van der Waals surface area contributed by atoms with E-state index < -0.39 is 43.9 Å². The van der Waals surface area contributed by atoms with Crippen LogP contribution in [-0.4, -0.2) is 82.2 Å². The molecule has 0 aromatic heterocycles. The Labute approximate surface area is 181 Å². The van der Waals surface area contributed by atoms with Crippen LogP contribution in [0.2, 0.25) is 5.02 Å². The summed E-state index contributed by atoms with van der Waals surface area (Å²) in [4.78, 5) is 26.6. The average molecular weight is 481 g/mol. The van der Waals surface area contributed by atoms with Gasteiger partial charge in [-0.3, -0.25) is 4.79 Å². The van der Waals surface area contributed by atoms with Gasteiger partial charge in [0.05, 0.1) is 27.0 Å². The highest BCUT2D eigenvalue weighted by atomic mass is 35.5. The SMILES string of the molecule is CCN(C(=O)[C@H](C)OC(=O)c1cc(S(=O)(=O)N(C)C)ccc1Cl)[C@@H]1CCS(=O)(=O)C1. The number of halogens is 1. The van der Waals surface area contributed by atoms with E-state index in [1.165, 1.54) is 38.1 Å². The minimum absolute atomic E-state index is 0.0123. The topological polar surface area (TPSA) is 118 Å². The Hall–Kier alpha value is -1.69. The first-order valence-electron chi connectivity index (χ1n) is 9.24. The van der Waals surface area contributed by atoms with Crippen molar-refractivity contribution < 1.29 is 31.2 Å². The molecule has 2 rings (SSSR count). The van der Waals surface area contributed by atoms with E-state index >= 15 is 0 Å². The van der Waals surface area contributed by atoms with E-state index in [2.05, 4.69) is 0 Å². The third-order valence-electron chi connectivity index (χ3n) is 4.84. The summed E-state index contributed by atoms with van der Waals surface area (Å²) in [7, 11) is -4.28. The maximum atomic E-state index is 12.8. The van der Waals surface area contributed by atoms with Crippen LogP contribution in [0.3, 0.4) is 0 Å². The minimum Gasteiger partial charge on any atom is -0.449 e. The van der Waals surface area contributed by atoms with Crippen molar-refractivity contribution in [2.75, 3.05) is 32.1 Å². The van der Waals surface area contributed by atoms with Gasteiger partial charge in [-0.2, -0.15) is 0 Å². The van der Waals surface area contributed by atoms with Crippen LogP contribution in [0.4, 0.5) is 0 Å². The number of hydrogen-bond acceptors (Lipinski definition) is 7. The quantitative estimate of drug-likeness (QED) is 0.537. The van der Waals surface area contributed by atoms with Gasteiger partial charge < -0.3 is 9.64 Å². The number of likely N-dealkylation sites (N-methyl/N-ethyl adjacent to an activating group) is 1. The lowest BCUT2D eigenvalue weighted by Gasteiger charge is -2.29. The smallest absolute Gasteiger partial charge is 0.340 e. The predicted octanol–water partition coefficient (Wildman–Crippen LogP) is 1.17. The van der Waals surface area contributed by atoms with Crippen molar-refractivity contribution in [2.45, 2.75) is 37.3 Å². The monoisotopic (exact) mass is 480 g/mol. The second-order valence-electron chi connectivity index (χ2n) is 7.16. The summed E-state index contributed by atoms with van der Waals surface area (Å²) >= 11 is 6.04. The van der Waals surface area contributed by atoms with Gasteiger partial charge in [-0.1, -0.05) is 11.6 Å². The Morgan fingerprint density at radius 1 is 1.30 bits per heavy atom. The predicted molar refractivity (Wildman–Crippen MR) is 112 cm³/mol. The molecule has 1 aliphatic rings.